The van der Waals surface area contributed by atoms with E-state index in [9.17, 15) is 4.79 Å². The van der Waals surface area contributed by atoms with Gasteiger partial charge in [0.1, 0.15) is 17.7 Å². The Labute approximate surface area is 97.5 Å². The third-order valence-corrected chi connectivity index (χ3v) is 2.94. The molecule has 0 aliphatic rings. The van der Waals surface area contributed by atoms with Crippen LogP contribution in [0.1, 0.15) is 5.82 Å². The van der Waals surface area contributed by atoms with Gasteiger partial charge in [0.2, 0.25) is 0 Å². The molecule has 0 spiro atoms. The second-order valence-corrected chi connectivity index (χ2v) is 4.22. The molecule has 0 saturated heterocycles. The highest BCUT2D eigenvalue weighted by Gasteiger charge is 2.10. The second-order valence-electron chi connectivity index (χ2n) is 3.41. The van der Waals surface area contributed by atoms with Crippen LogP contribution in [0.5, 0.6) is 0 Å². The molecule has 0 saturated carbocycles. The van der Waals surface area contributed by atoms with Gasteiger partial charge in [-0.2, -0.15) is 0 Å². The Morgan fingerprint density at radius 1 is 1.50 bits per heavy atom. The molecule has 0 aliphatic carbocycles. The van der Waals surface area contributed by atoms with E-state index in [4.69, 9.17) is 0 Å². The van der Waals surface area contributed by atoms with Crippen molar-refractivity contribution in [3.63, 3.8) is 0 Å². The van der Waals surface area contributed by atoms with E-state index in [1.807, 2.05) is 0 Å². The van der Waals surface area contributed by atoms with Gasteiger partial charge < -0.3 is 4.98 Å². The quantitative estimate of drug-likeness (QED) is 0.624. The van der Waals surface area contributed by atoms with Gasteiger partial charge in [-0.3, -0.25) is 9.20 Å². The number of aryl methyl sites for hydroxylation is 1. The predicted octanol–water partition coefficient (Wildman–Crippen LogP) is 1.04. The molecule has 80 valence electrons. The number of nitrogens with zero attached hydrogens (tertiary/aromatic N) is 4. The highest BCUT2D eigenvalue weighted by molar-refractivity contribution is 9.10. The minimum absolute atomic E-state index is 0.172. The van der Waals surface area contributed by atoms with E-state index >= 15 is 0 Å². The first kappa shape index (κ1) is 9.46. The van der Waals surface area contributed by atoms with E-state index < -0.39 is 0 Å². The zero-order valence-corrected chi connectivity index (χ0v) is 9.82. The van der Waals surface area contributed by atoms with Crippen LogP contribution in [0.3, 0.4) is 0 Å². The van der Waals surface area contributed by atoms with Crippen molar-refractivity contribution in [2.75, 3.05) is 0 Å². The van der Waals surface area contributed by atoms with Crippen LogP contribution < -0.4 is 5.56 Å². The number of H-pyrrole nitrogens is 1. The molecule has 0 fully saturated rings. The molecule has 6 nitrogen and oxygen atoms in total. The number of halogens is 1. The first-order valence-electron chi connectivity index (χ1n) is 4.55. The van der Waals surface area contributed by atoms with Crippen molar-refractivity contribution in [3.05, 3.63) is 33.2 Å². The van der Waals surface area contributed by atoms with Crippen LogP contribution in [0.15, 0.2) is 21.8 Å². The standard InChI is InChI=1S/C9H6BrN5O/c1-4-12-7-5(9(16)13-4)2-6(10)15-3-11-14-8(7)15/h2-3H,1H3,(H,12,13,16). The summed E-state index contributed by atoms with van der Waals surface area (Å²) in [7, 11) is 0. The zero-order chi connectivity index (χ0) is 11.3. The molecule has 3 rings (SSSR count). The van der Waals surface area contributed by atoms with E-state index in [1.165, 1.54) is 0 Å². The maximum Gasteiger partial charge on any atom is 0.258 e. The van der Waals surface area contributed by atoms with Gasteiger partial charge in [-0.05, 0) is 28.9 Å². The van der Waals surface area contributed by atoms with E-state index in [1.54, 1.807) is 23.7 Å². The molecule has 0 unspecified atom stereocenters. The average molecular weight is 280 g/mol. The summed E-state index contributed by atoms with van der Waals surface area (Å²) >= 11 is 3.35. The predicted molar refractivity (Wildman–Crippen MR) is 61.3 cm³/mol. The van der Waals surface area contributed by atoms with E-state index in [0.29, 0.717) is 22.4 Å². The summed E-state index contributed by atoms with van der Waals surface area (Å²) in [6.07, 6.45) is 1.57. The molecule has 3 aromatic rings. The third kappa shape index (κ3) is 1.18. The number of hydrogen-bond donors (Lipinski definition) is 1. The van der Waals surface area contributed by atoms with Gasteiger partial charge in [0.15, 0.2) is 5.65 Å². The molecule has 0 atom stereocenters. The molecule has 3 heterocycles. The lowest BCUT2D eigenvalue weighted by atomic mass is 10.3. The van der Waals surface area contributed by atoms with Crippen LogP contribution in [-0.4, -0.2) is 24.6 Å². The van der Waals surface area contributed by atoms with Gasteiger partial charge >= 0.3 is 0 Å². The topological polar surface area (TPSA) is 75.9 Å². The fourth-order valence-corrected chi connectivity index (χ4v) is 2.13. The summed E-state index contributed by atoms with van der Waals surface area (Å²) in [5, 5.41) is 8.26. The smallest absolute Gasteiger partial charge is 0.258 e. The number of pyridine rings is 1. The zero-order valence-electron chi connectivity index (χ0n) is 8.23. The van der Waals surface area contributed by atoms with Crippen LogP contribution in [0.4, 0.5) is 0 Å². The number of aromatic amines is 1. The molecular weight excluding hydrogens is 274 g/mol. The summed E-state index contributed by atoms with van der Waals surface area (Å²) in [6, 6.07) is 1.71. The number of rotatable bonds is 0. The van der Waals surface area contributed by atoms with Crippen molar-refractivity contribution < 1.29 is 0 Å². The largest absolute Gasteiger partial charge is 0.310 e. The summed E-state index contributed by atoms with van der Waals surface area (Å²) in [5.74, 6) is 0.560. The highest BCUT2D eigenvalue weighted by Crippen LogP contribution is 2.19. The van der Waals surface area contributed by atoms with Crippen LogP contribution in [0.25, 0.3) is 16.6 Å². The number of aromatic nitrogens is 5. The monoisotopic (exact) mass is 279 g/mol. The highest BCUT2D eigenvalue weighted by atomic mass is 79.9. The minimum Gasteiger partial charge on any atom is -0.310 e. The Bertz CT molecular complexity index is 760. The second kappa shape index (κ2) is 3.11. The Morgan fingerprint density at radius 2 is 2.31 bits per heavy atom. The first-order valence-corrected chi connectivity index (χ1v) is 5.35. The summed E-state index contributed by atoms with van der Waals surface area (Å²) < 4.78 is 2.45. The molecule has 3 aromatic heterocycles. The fraction of sp³-hybridized carbons (Fsp3) is 0.111. The van der Waals surface area contributed by atoms with Gasteiger partial charge in [0.25, 0.3) is 5.56 Å². The maximum atomic E-state index is 11.7. The SMILES string of the molecule is Cc1nc2c(cc(Br)n3cnnc23)c(=O)[nH]1. The molecule has 0 radical (unpaired) electrons. The number of hydrogen-bond acceptors (Lipinski definition) is 4. The number of fused-ring (bicyclic) bond motifs is 3. The molecule has 16 heavy (non-hydrogen) atoms. The molecular formula is C9H6BrN5O. The van der Waals surface area contributed by atoms with Crippen molar-refractivity contribution in [3.8, 4) is 0 Å². The minimum atomic E-state index is -0.172. The maximum absolute atomic E-state index is 11.7. The van der Waals surface area contributed by atoms with Crippen molar-refractivity contribution >= 4 is 32.5 Å². The van der Waals surface area contributed by atoms with E-state index in [-0.39, 0.29) is 5.56 Å². The fourth-order valence-electron chi connectivity index (χ4n) is 1.64. The third-order valence-electron chi connectivity index (χ3n) is 2.33. The average Bonchev–Trinajstić information content (AvgIpc) is 2.69. The molecule has 0 amide bonds. The molecule has 1 N–H and O–H groups in total. The lowest BCUT2D eigenvalue weighted by molar-refractivity contribution is 1.05. The molecule has 0 aliphatic heterocycles. The van der Waals surface area contributed by atoms with Crippen molar-refractivity contribution in [2.24, 2.45) is 0 Å². The van der Waals surface area contributed by atoms with Crippen LogP contribution in [-0.2, 0) is 0 Å². The summed E-state index contributed by atoms with van der Waals surface area (Å²) in [4.78, 5) is 18.7. The Balaban J connectivity index is 2.69. The lowest BCUT2D eigenvalue weighted by Gasteiger charge is -2.02. The Kier molecular flexibility index (Phi) is 1.84. The number of nitrogens with one attached hydrogen (secondary N) is 1. The van der Waals surface area contributed by atoms with Gasteiger partial charge in [-0.1, -0.05) is 0 Å². The summed E-state index contributed by atoms with van der Waals surface area (Å²) in [5.41, 5.74) is 0.953. The van der Waals surface area contributed by atoms with Crippen LogP contribution in [0, 0.1) is 6.92 Å². The first-order chi connectivity index (χ1) is 7.66. The van der Waals surface area contributed by atoms with Crippen molar-refractivity contribution in [2.45, 2.75) is 6.92 Å². The van der Waals surface area contributed by atoms with Crippen LogP contribution in [0.2, 0.25) is 0 Å². The van der Waals surface area contributed by atoms with Crippen molar-refractivity contribution in [1.29, 1.82) is 0 Å². The van der Waals surface area contributed by atoms with E-state index in [0.717, 1.165) is 4.60 Å². The van der Waals surface area contributed by atoms with Gasteiger partial charge in [-0.15, -0.1) is 10.2 Å². The summed E-state index contributed by atoms with van der Waals surface area (Å²) in [6.45, 7) is 1.73. The molecule has 0 bridgehead atoms. The molecule has 7 heteroatoms. The normalized spacial score (nSPS) is 11.4. The lowest BCUT2D eigenvalue weighted by Crippen LogP contribution is -2.10. The van der Waals surface area contributed by atoms with Gasteiger partial charge in [-0.25, -0.2) is 4.98 Å². The Morgan fingerprint density at radius 3 is 3.12 bits per heavy atom. The van der Waals surface area contributed by atoms with Gasteiger partial charge in [0.05, 0.1) is 9.99 Å². The Hall–Kier alpha value is -1.76. The molecule has 0 aromatic carbocycles. The van der Waals surface area contributed by atoms with Crippen molar-refractivity contribution in [1.82, 2.24) is 24.6 Å². The van der Waals surface area contributed by atoms with Gasteiger partial charge in [0, 0.05) is 0 Å². The van der Waals surface area contributed by atoms with Crippen LogP contribution >= 0.6 is 15.9 Å². The van der Waals surface area contributed by atoms with E-state index in [2.05, 4.69) is 36.1 Å².